The van der Waals surface area contributed by atoms with Crippen molar-refractivity contribution in [2.45, 2.75) is 13.3 Å². The summed E-state index contributed by atoms with van der Waals surface area (Å²) in [5.41, 5.74) is 3.49. The van der Waals surface area contributed by atoms with Gasteiger partial charge in [0.05, 0.1) is 11.0 Å². The summed E-state index contributed by atoms with van der Waals surface area (Å²) in [5, 5.41) is 0. The van der Waals surface area contributed by atoms with Crippen LogP contribution in [0.2, 0.25) is 0 Å². The Morgan fingerprint density at radius 1 is 1.36 bits per heavy atom. The minimum Gasteiger partial charge on any atom is -0.345 e. The molecule has 0 bridgehead atoms. The third-order valence-corrected chi connectivity index (χ3v) is 3.38. The van der Waals surface area contributed by atoms with Crippen molar-refractivity contribution in [1.29, 1.82) is 0 Å². The molecule has 0 saturated carbocycles. The van der Waals surface area contributed by atoms with Crippen molar-refractivity contribution < 1.29 is 0 Å². The Kier molecular flexibility index (Phi) is 2.66. The Labute approximate surface area is 99.6 Å². The van der Waals surface area contributed by atoms with Crippen LogP contribution in [0.4, 0.5) is 0 Å². The second-order valence-corrected chi connectivity index (χ2v) is 4.88. The maximum atomic E-state index is 4.43. The molecule has 0 radical (unpaired) electrons. The summed E-state index contributed by atoms with van der Waals surface area (Å²) >= 11 is 6.94. The third-order valence-electron chi connectivity index (χ3n) is 2.37. The highest BCUT2D eigenvalue weighted by atomic mass is 79.9. The largest absolute Gasteiger partial charge is 0.345 e. The summed E-state index contributed by atoms with van der Waals surface area (Å²) in [7, 11) is 2.07. The first-order valence-electron chi connectivity index (χ1n) is 4.43. The number of aryl methyl sites for hydroxylation is 2. The first-order chi connectivity index (χ1) is 6.63. The van der Waals surface area contributed by atoms with E-state index in [1.165, 1.54) is 5.69 Å². The van der Waals surface area contributed by atoms with Gasteiger partial charge in [0.1, 0.15) is 4.60 Å². The lowest BCUT2D eigenvalue weighted by molar-refractivity contribution is 0.864. The average molecular weight is 318 g/mol. The SMILES string of the molecule is CCc1cc2nc(Br)cc(Br)c2n1C. The molecule has 2 nitrogen and oxygen atoms in total. The molecule has 2 aromatic rings. The van der Waals surface area contributed by atoms with Gasteiger partial charge < -0.3 is 4.57 Å². The van der Waals surface area contributed by atoms with Crippen LogP contribution in [0.3, 0.4) is 0 Å². The van der Waals surface area contributed by atoms with Gasteiger partial charge in [-0.25, -0.2) is 4.98 Å². The molecule has 74 valence electrons. The number of hydrogen-bond donors (Lipinski definition) is 0. The van der Waals surface area contributed by atoms with Crippen molar-refractivity contribution in [3.8, 4) is 0 Å². The summed E-state index contributed by atoms with van der Waals surface area (Å²) in [6.45, 7) is 2.15. The van der Waals surface area contributed by atoms with E-state index in [2.05, 4.69) is 61.4 Å². The fraction of sp³-hybridized carbons (Fsp3) is 0.300. The average Bonchev–Trinajstić information content (AvgIpc) is 2.42. The maximum Gasteiger partial charge on any atom is 0.108 e. The summed E-state index contributed by atoms with van der Waals surface area (Å²) in [6.07, 6.45) is 1.02. The molecule has 4 heteroatoms. The lowest BCUT2D eigenvalue weighted by Gasteiger charge is -2.02. The first kappa shape index (κ1) is 10.2. The zero-order valence-electron chi connectivity index (χ0n) is 8.01. The van der Waals surface area contributed by atoms with Crippen molar-refractivity contribution in [2.75, 3.05) is 0 Å². The van der Waals surface area contributed by atoms with Crippen molar-refractivity contribution in [2.24, 2.45) is 7.05 Å². The number of hydrogen-bond acceptors (Lipinski definition) is 1. The highest BCUT2D eigenvalue weighted by Crippen LogP contribution is 2.28. The van der Waals surface area contributed by atoms with Crippen LogP contribution in [0.15, 0.2) is 21.2 Å². The quantitative estimate of drug-likeness (QED) is 0.734. The van der Waals surface area contributed by atoms with Crippen LogP contribution in [-0.4, -0.2) is 9.55 Å². The Balaban J connectivity index is 2.85. The lowest BCUT2D eigenvalue weighted by Crippen LogP contribution is -1.94. The first-order valence-corrected chi connectivity index (χ1v) is 6.02. The molecule has 2 aromatic heterocycles. The highest BCUT2D eigenvalue weighted by molar-refractivity contribution is 9.11. The normalized spacial score (nSPS) is 11.1. The van der Waals surface area contributed by atoms with Crippen LogP contribution >= 0.6 is 31.9 Å². The number of aromatic nitrogens is 2. The number of halogens is 2. The third kappa shape index (κ3) is 1.50. The van der Waals surface area contributed by atoms with E-state index >= 15 is 0 Å². The van der Waals surface area contributed by atoms with E-state index in [0.717, 1.165) is 26.5 Å². The number of nitrogens with zero attached hydrogens (tertiary/aromatic N) is 2. The van der Waals surface area contributed by atoms with Crippen LogP contribution in [-0.2, 0) is 13.5 Å². The number of rotatable bonds is 1. The van der Waals surface area contributed by atoms with Crippen molar-refractivity contribution >= 4 is 42.9 Å². The molecule has 0 aliphatic carbocycles. The summed E-state index contributed by atoms with van der Waals surface area (Å²) in [6, 6.07) is 4.10. The van der Waals surface area contributed by atoms with Gasteiger partial charge >= 0.3 is 0 Å². The second-order valence-electron chi connectivity index (χ2n) is 3.21. The Hall–Kier alpha value is -0.350. The monoisotopic (exact) mass is 316 g/mol. The predicted molar refractivity (Wildman–Crippen MR) is 65.5 cm³/mol. The Morgan fingerprint density at radius 3 is 2.71 bits per heavy atom. The molecule has 0 saturated heterocycles. The Bertz CT molecular complexity index is 488. The van der Waals surface area contributed by atoms with E-state index in [1.54, 1.807) is 0 Å². The smallest absolute Gasteiger partial charge is 0.108 e. The molecule has 0 atom stereocenters. The van der Waals surface area contributed by atoms with Gasteiger partial charge in [0.15, 0.2) is 0 Å². The molecular weight excluding hydrogens is 308 g/mol. The molecule has 2 rings (SSSR count). The van der Waals surface area contributed by atoms with Gasteiger partial charge in [-0.2, -0.15) is 0 Å². The van der Waals surface area contributed by atoms with Crippen molar-refractivity contribution in [3.05, 3.63) is 26.9 Å². The van der Waals surface area contributed by atoms with E-state index in [4.69, 9.17) is 0 Å². The fourth-order valence-electron chi connectivity index (χ4n) is 1.67. The van der Waals surface area contributed by atoms with Gasteiger partial charge in [-0.05, 0) is 50.4 Å². The minimum atomic E-state index is 0.866. The maximum absolute atomic E-state index is 4.43. The zero-order valence-corrected chi connectivity index (χ0v) is 11.2. The van der Waals surface area contributed by atoms with Crippen molar-refractivity contribution in [1.82, 2.24) is 9.55 Å². The van der Waals surface area contributed by atoms with E-state index in [0.29, 0.717) is 0 Å². The predicted octanol–water partition coefficient (Wildman–Crippen LogP) is 3.66. The summed E-state index contributed by atoms with van der Waals surface area (Å²) in [4.78, 5) is 4.43. The van der Waals surface area contributed by atoms with Crippen LogP contribution in [0.1, 0.15) is 12.6 Å². The molecular formula is C10H10Br2N2. The van der Waals surface area contributed by atoms with Crippen molar-refractivity contribution in [3.63, 3.8) is 0 Å². The molecule has 2 heterocycles. The van der Waals surface area contributed by atoms with E-state index in [1.807, 2.05) is 6.07 Å². The molecule has 0 aliphatic heterocycles. The van der Waals surface area contributed by atoms with Gasteiger partial charge in [0, 0.05) is 17.2 Å². The van der Waals surface area contributed by atoms with E-state index in [9.17, 15) is 0 Å². The van der Waals surface area contributed by atoms with Crippen LogP contribution in [0.25, 0.3) is 11.0 Å². The van der Waals surface area contributed by atoms with Crippen LogP contribution in [0, 0.1) is 0 Å². The van der Waals surface area contributed by atoms with Crippen LogP contribution < -0.4 is 0 Å². The van der Waals surface area contributed by atoms with E-state index < -0.39 is 0 Å². The number of fused-ring (bicyclic) bond motifs is 1. The van der Waals surface area contributed by atoms with Gasteiger partial charge in [0.25, 0.3) is 0 Å². The number of pyridine rings is 1. The molecule has 0 N–H and O–H groups in total. The molecule has 0 aromatic carbocycles. The molecule has 14 heavy (non-hydrogen) atoms. The lowest BCUT2D eigenvalue weighted by atomic mass is 10.3. The summed E-state index contributed by atoms with van der Waals surface area (Å²) in [5.74, 6) is 0. The van der Waals surface area contributed by atoms with Crippen LogP contribution in [0.5, 0.6) is 0 Å². The Morgan fingerprint density at radius 2 is 2.07 bits per heavy atom. The molecule has 0 unspecified atom stereocenters. The van der Waals surface area contributed by atoms with Gasteiger partial charge in [-0.15, -0.1) is 0 Å². The standard InChI is InChI=1S/C10H10Br2N2/c1-3-6-4-8-10(14(6)2)7(11)5-9(12)13-8/h4-5H,3H2,1-2H3. The molecule has 0 aliphatic rings. The van der Waals surface area contributed by atoms with Gasteiger partial charge in [-0.3, -0.25) is 0 Å². The minimum absolute atomic E-state index is 0.866. The zero-order chi connectivity index (χ0) is 10.3. The second kappa shape index (κ2) is 3.66. The summed E-state index contributed by atoms with van der Waals surface area (Å²) < 4.78 is 4.13. The van der Waals surface area contributed by atoms with Gasteiger partial charge in [-0.1, -0.05) is 6.92 Å². The van der Waals surface area contributed by atoms with Gasteiger partial charge in [0.2, 0.25) is 0 Å². The topological polar surface area (TPSA) is 17.8 Å². The fourth-order valence-corrected chi connectivity index (χ4v) is 3.08. The highest BCUT2D eigenvalue weighted by Gasteiger charge is 2.09. The molecule has 0 amide bonds. The molecule has 0 fully saturated rings. The molecule has 0 spiro atoms. The van der Waals surface area contributed by atoms with E-state index in [-0.39, 0.29) is 0 Å².